The number of benzene rings is 1. The lowest BCUT2D eigenvalue weighted by Gasteiger charge is -2.21. The second-order valence-corrected chi connectivity index (χ2v) is 6.57. The average Bonchev–Trinajstić information content (AvgIpc) is 3.05. The smallest absolute Gasteiger partial charge is 0.289 e. The molecule has 5 nitrogen and oxygen atoms in total. The number of rotatable bonds is 4. The van der Waals surface area contributed by atoms with Crippen LogP contribution in [-0.4, -0.2) is 47.8 Å². The van der Waals surface area contributed by atoms with Gasteiger partial charge in [-0.25, -0.2) is 0 Å². The summed E-state index contributed by atoms with van der Waals surface area (Å²) in [4.78, 5) is 28.4. The zero-order valence-electron chi connectivity index (χ0n) is 14.0. The minimum Gasteiger partial charge on any atom is -0.459 e. The van der Waals surface area contributed by atoms with E-state index < -0.39 is 0 Å². The molecule has 2 amide bonds. The highest BCUT2D eigenvalue weighted by molar-refractivity contribution is 6.30. The van der Waals surface area contributed by atoms with Crippen LogP contribution in [0.1, 0.15) is 29.0 Å². The summed E-state index contributed by atoms with van der Waals surface area (Å²) in [7, 11) is 0. The van der Waals surface area contributed by atoms with Gasteiger partial charge in [0.15, 0.2) is 5.76 Å². The van der Waals surface area contributed by atoms with Crippen LogP contribution in [0.2, 0.25) is 5.02 Å². The van der Waals surface area contributed by atoms with Gasteiger partial charge in [0.05, 0.1) is 6.26 Å². The molecule has 0 unspecified atom stereocenters. The molecule has 2 aromatic rings. The molecule has 1 aromatic heterocycles. The Balaban J connectivity index is 1.51. The van der Waals surface area contributed by atoms with Crippen LogP contribution >= 0.6 is 11.6 Å². The Hall–Kier alpha value is -2.27. The molecule has 1 aliphatic heterocycles. The number of nitrogens with zero attached hydrogens (tertiary/aromatic N) is 2. The van der Waals surface area contributed by atoms with Crippen LogP contribution in [0.3, 0.4) is 0 Å². The predicted octanol–water partition coefficient (Wildman–Crippen LogP) is 3.24. The molecule has 1 aliphatic rings. The lowest BCUT2D eigenvalue weighted by atomic mass is 10.1. The molecule has 1 saturated heterocycles. The van der Waals surface area contributed by atoms with Crippen molar-refractivity contribution >= 4 is 23.4 Å². The summed E-state index contributed by atoms with van der Waals surface area (Å²) in [6.07, 6.45) is 3.44. The van der Waals surface area contributed by atoms with E-state index in [1.165, 1.54) is 6.26 Å². The third-order valence-corrected chi connectivity index (χ3v) is 4.66. The molecular weight excluding hydrogens is 340 g/mol. The van der Waals surface area contributed by atoms with Crippen molar-refractivity contribution in [3.63, 3.8) is 0 Å². The quantitative estimate of drug-likeness (QED) is 0.841. The maximum absolute atomic E-state index is 12.5. The molecule has 0 atom stereocenters. The Morgan fingerprint density at radius 3 is 2.44 bits per heavy atom. The van der Waals surface area contributed by atoms with E-state index in [-0.39, 0.29) is 11.8 Å². The lowest BCUT2D eigenvalue weighted by molar-refractivity contribution is -0.131. The van der Waals surface area contributed by atoms with Crippen molar-refractivity contribution in [1.82, 2.24) is 9.80 Å². The topological polar surface area (TPSA) is 53.8 Å². The SMILES string of the molecule is O=C(CCc1ccc(Cl)cc1)N1CCCN(C(=O)c2ccco2)CC1. The summed E-state index contributed by atoms with van der Waals surface area (Å²) >= 11 is 5.88. The lowest BCUT2D eigenvalue weighted by Crippen LogP contribution is -2.37. The molecule has 0 saturated carbocycles. The van der Waals surface area contributed by atoms with Crippen molar-refractivity contribution < 1.29 is 14.0 Å². The highest BCUT2D eigenvalue weighted by atomic mass is 35.5. The number of carbonyl (C=O) groups is 2. The molecule has 0 spiro atoms. The summed E-state index contributed by atoms with van der Waals surface area (Å²) in [5.41, 5.74) is 1.10. The van der Waals surface area contributed by atoms with Gasteiger partial charge in [-0.05, 0) is 42.7 Å². The normalized spacial score (nSPS) is 15.1. The molecule has 0 aliphatic carbocycles. The average molecular weight is 361 g/mol. The molecule has 132 valence electrons. The molecule has 1 fully saturated rings. The minimum atomic E-state index is -0.111. The van der Waals surface area contributed by atoms with Crippen molar-refractivity contribution in [2.75, 3.05) is 26.2 Å². The Labute approximate surface area is 152 Å². The Bertz CT molecular complexity index is 713. The van der Waals surface area contributed by atoms with Crippen LogP contribution in [0.4, 0.5) is 0 Å². The molecule has 1 aromatic carbocycles. The molecule has 0 radical (unpaired) electrons. The van der Waals surface area contributed by atoms with E-state index in [0.29, 0.717) is 49.8 Å². The summed E-state index contributed by atoms with van der Waals surface area (Å²) < 4.78 is 5.18. The summed E-state index contributed by atoms with van der Waals surface area (Å²) in [6.45, 7) is 2.42. The number of carbonyl (C=O) groups excluding carboxylic acids is 2. The number of hydrogen-bond donors (Lipinski definition) is 0. The van der Waals surface area contributed by atoms with Gasteiger partial charge in [0.1, 0.15) is 0 Å². The number of hydrogen-bond acceptors (Lipinski definition) is 3. The zero-order chi connectivity index (χ0) is 17.6. The van der Waals surface area contributed by atoms with E-state index in [2.05, 4.69) is 0 Å². The first kappa shape index (κ1) is 17.5. The van der Waals surface area contributed by atoms with Crippen molar-refractivity contribution in [3.8, 4) is 0 Å². The van der Waals surface area contributed by atoms with Gasteiger partial charge in [0.2, 0.25) is 5.91 Å². The Morgan fingerprint density at radius 1 is 1.00 bits per heavy atom. The van der Waals surface area contributed by atoms with Crippen LogP contribution < -0.4 is 0 Å². The maximum Gasteiger partial charge on any atom is 0.289 e. The maximum atomic E-state index is 12.5. The fourth-order valence-electron chi connectivity index (χ4n) is 2.99. The van der Waals surface area contributed by atoms with Crippen molar-refractivity contribution in [3.05, 3.63) is 59.0 Å². The second kappa shape index (κ2) is 8.21. The number of aryl methyl sites for hydroxylation is 1. The first-order valence-electron chi connectivity index (χ1n) is 8.48. The van der Waals surface area contributed by atoms with Crippen LogP contribution in [-0.2, 0) is 11.2 Å². The van der Waals surface area contributed by atoms with E-state index in [1.807, 2.05) is 29.2 Å². The third-order valence-electron chi connectivity index (χ3n) is 4.41. The van der Waals surface area contributed by atoms with Crippen LogP contribution in [0.25, 0.3) is 0 Å². The fourth-order valence-corrected chi connectivity index (χ4v) is 3.11. The van der Waals surface area contributed by atoms with Crippen molar-refractivity contribution in [1.29, 1.82) is 0 Å². The molecule has 2 heterocycles. The molecule has 0 bridgehead atoms. The second-order valence-electron chi connectivity index (χ2n) is 6.13. The van der Waals surface area contributed by atoms with Gasteiger partial charge in [-0.15, -0.1) is 0 Å². The standard InChI is InChI=1S/C19H21ClN2O3/c20-16-7-4-15(5-8-16)6-9-18(23)21-10-2-11-22(13-12-21)19(24)17-3-1-14-25-17/h1,3-5,7-8,14H,2,6,9-13H2. The zero-order valence-corrected chi connectivity index (χ0v) is 14.7. The van der Waals surface area contributed by atoms with Crippen LogP contribution in [0.5, 0.6) is 0 Å². The largest absolute Gasteiger partial charge is 0.459 e. The Kier molecular flexibility index (Phi) is 5.76. The summed E-state index contributed by atoms with van der Waals surface area (Å²) in [6, 6.07) is 10.9. The monoisotopic (exact) mass is 360 g/mol. The number of amides is 2. The van der Waals surface area contributed by atoms with E-state index >= 15 is 0 Å². The van der Waals surface area contributed by atoms with Gasteiger partial charge in [-0.2, -0.15) is 0 Å². The predicted molar refractivity (Wildman–Crippen MR) is 95.6 cm³/mol. The third kappa shape index (κ3) is 4.63. The minimum absolute atomic E-state index is 0.111. The Morgan fingerprint density at radius 2 is 1.72 bits per heavy atom. The number of halogens is 1. The first-order valence-corrected chi connectivity index (χ1v) is 8.86. The van der Waals surface area contributed by atoms with Gasteiger partial charge in [0, 0.05) is 37.6 Å². The highest BCUT2D eigenvalue weighted by Gasteiger charge is 2.23. The van der Waals surface area contributed by atoms with Crippen LogP contribution in [0.15, 0.2) is 47.1 Å². The van der Waals surface area contributed by atoms with Crippen LogP contribution in [0, 0.1) is 0 Å². The van der Waals surface area contributed by atoms with E-state index in [9.17, 15) is 9.59 Å². The van der Waals surface area contributed by atoms with E-state index in [0.717, 1.165) is 12.0 Å². The first-order chi connectivity index (χ1) is 12.1. The van der Waals surface area contributed by atoms with Gasteiger partial charge >= 0.3 is 0 Å². The van der Waals surface area contributed by atoms with E-state index in [1.54, 1.807) is 17.0 Å². The summed E-state index contributed by atoms with van der Waals surface area (Å²) in [5, 5.41) is 0.698. The molecule has 3 rings (SSSR count). The molecule has 25 heavy (non-hydrogen) atoms. The van der Waals surface area contributed by atoms with E-state index in [4.69, 9.17) is 16.0 Å². The van der Waals surface area contributed by atoms with Gasteiger partial charge in [-0.1, -0.05) is 23.7 Å². The van der Waals surface area contributed by atoms with Gasteiger partial charge in [-0.3, -0.25) is 9.59 Å². The summed E-state index contributed by atoms with van der Waals surface area (Å²) in [5.74, 6) is 0.366. The molecule has 6 heteroatoms. The number of furan rings is 1. The molecular formula is C19H21ClN2O3. The molecule has 0 N–H and O–H groups in total. The highest BCUT2D eigenvalue weighted by Crippen LogP contribution is 2.13. The van der Waals surface area contributed by atoms with Gasteiger partial charge in [0.25, 0.3) is 5.91 Å². The fraction of sp³-hybridized carbons (Fsp3) is 0.368. The van der Waals surface area contributed by atoms with Crippen molar-refractivity contribution in [2.24, 2.45) is 0 Å². The van der Waals surface area contributed by atoms with Crippen molar-refractivity contribution in [2.45, 2.75) is 19.3 Å². The van der Waals surface area contributed by atoms with Gasteiger partial charge < -0.3 is 14.2 Å².